The van der Waals surface area contributed by atoms with Crippen molar-refractivity contribution in [3.05, 3.63) is 41.7 Å². The van der Waals surface area contributed by atoms with E-state index in [2.05, 4.69) is 87.0 Å². The number of carbonyl (C=O) groups excluding carboxylic acids is 2. The van der Waals surface area contributed by atoms with Crippen LogP contribution in [-0.2, 0) is 41.5 Å². The number of hydrogen-bond donors (Lipinski definition) is 2. The van der Waals surface area contributed by atoms with Crippen molar-refractivity contribution in [1.29, 1.82) is 0 Å². The van der Waals surface area contributed by atoms with E-state index in [1.54, 1.807) is 14.2 Å². The Morgan fingerprint density at radius 1 is 1.06 bits per heavy atom. The predicted molar refractivity (Wildman–Crippen MR) is 250 cm³/mol. The summed E-state index contributed by atoms with van der Waals surface area (Å²) < 4.78 is 25.6. The normalized spacial score (nSPS) is 18.9. The van der Waals surface area contributed by atoms with Crippen LogP contribution < -0.4 is 20.7 Å². The first-order chi connectivity index (χ1) is 30.5. The Morgan fingerprint density at radius 2 is 1.84 bits per heavy atom. The van der Waals surface area contributed by atoms with E-state index in [0.717, 1.165) is 139 Å². The lowest BCUT2D eigenvalue weighted by molar-refractivity contribution is -0.199. The Hall–Kier alpha value is -3.79. The highest BCUT2D eigenvalue weighted by Gasteiger charge is 2.50. The van der Waals surface area contributed by atoms with Crippen LogP contribution in [0.2, 0.25) is 0 Å². The molecule has 3 saturated heterocycles. The number of anilines is 2. The summed E-state index contributed by atoms with van der Waals surface area (Å²) in [7, 11) is 3.55. The molecule has 3 aromatic rings. The van der Waals surface area contributed by atoms with Crippen LogP contribution in [0.5, 0.6) is 0 Å². The average molecular weight is 873 g/mol. The Balaban J connectivity index is 1.23. The van der Waals surface area contributed by atoms with Crippen LogP contribution in [0, 0.1) is 10.8 Å². The number of rotatable bonds is 26. The van der Waals surface area contributed by atoms with Crippen molar-refractivity contribution in [3.63, 3.8) is 0 Å². The summed E-state index contributed by atoms with van der Waals surface area (Å²) in [4.78, 5) is 38.4. The van der Waals surface area contributed by atoms with Gasteiger partial charge in [-0.15, -0.1) is 0 Å². The molecular formula is C49H76N8O6. The molecule has 4 fully saturated rings. The van der Waals surface area contributed by atoms with E-state index >= 15 is 0 Å². The summed E-state index contributed by atoms with van der Waals surface area (Å²) in [6.45, 7) is 22.5. The van der Waals surface area contributed by atoms with Crippen molar-refractivity contribution in [1.82, 2.24) is 30.2 Å². The van der Waals surface area contributed by atoms with Crippen molar-refractivity contribution >= 4 is 34.7 Å². The van der Waals surface area contributed by atoms with Gasteiger partial charge in [0.25, 0.3) is 0 Å². The minimum absolute atomic E-state index is 0.215. The topological polar surface area (TPSA) is 126 Å². The first-order valence-electron chi connectivity index (χ1n) is 23.8. The first kappa shape index (κ1) is 47.2. The van der Waals surface area contributed by atoms with Gasteiger partial charge in [-0.1, -0.05) is 26.7 Å². The van der Waals surface area contributed by atoms with E-state index in [1.165, 1.54) is 41.9 Å². The number of ether oxygens (including phenoxy) is 4. The van der Waals surface area contributed by atoms with E-state index in [9.17, 15) is 9.59 Å². The maximum atomic E-state index is 12.2. The van der Waals surface area contributed by atoms with Crippen molar-refractivity contribution in [2.24, 2.45) is 10.8 Å². The number of carbonyl (C=O) groups is 2. The lowest BCUT2D eigenvalue weighted by Gasteiger charge is -2.57. The lowest BCUT2D eigenvalue weighted by Crippen LogP contribution is -2.68. The highest BCUT2D eigenvalue weighted by Crippen LogP contribution is 2.44. The maximum Gasteiger partial charge on any atom is 0.302 e. The van der Waals surface area contributed by atoms with Crippen LogP contribution in [-0.4, -0.2) is 143 Å². The smallest absolute Gasteiger partial charge is 0.302 e. The van der Waals surface area contributed by atoms with Gasteiger partial charge in [-0.05, 0) is 82.2 Å². The summed E-state index contributed by atoms with van der Waals surface area (Å²) >= 11 is 0. The molecule has 2 aromatic heterocycles. The van der Waals surface area contributed by atoms with Crippen LogP contribution in [0.4, 0.5) is 11.4 Å². The third kappa shape index (κ3) is 11.5. The van der Waals surface area contributed by atoms with Crippen molar-refractivity contribution < 1.29 is 28.5 Å². The largest absolute Gasteiger partial charge is 0.465 e. The second-order valence-corrected chi connectivity index (χ2v) is 19.5. The minimum Gasteiger partial charge on any atom is -0.465 e. The quantitative estimate of drug-likeness (QED) is 0.0413. The monoisotopic (exact) mass is 873 g/mol. The number of nitrogens with one attached hydrogen (secondary N) is 2. The number of methoxy groups -OCH3 is 2. The molecule has 14 heteroatoms. The molecular weight excluding hydrogens is 797 g/mol. The summed E-state index contributed by atoms with van der Waals surface area (Å²) in [6, 6.07) is 10.6. The molecule has 2 unspecified atom stereocenters. The molecule has 1 aliphatic carbocycles. The average Bonchev–Trinajstić information content (AvgIpc) is 4.06. The second kappa shape index (κ2) is 21.5. The highest BCUT2D eigenvalue weighted by molar-refractivity contribution is 5.95. The molecule has 1 amide bonds. The second-order valence-electron chi connectivity index (χ2n) is 19.5. The zero-order valence-electron chi connectivity index (χ0n) is 39.4. The zero-order valence-corrected chi connectivity index (χ0v) is 39.4. The fourth-order valence-electron chi connectivity index (χ4n) is 10.2. The molecule has 63 heavy (non-hydrogen) atoms. The van der Waals surface area contributed by atoms with Gasteiger partial charge >= 0.3 is 5.97 Å². The van der Waals surface area contributed by atoms with Gasteiger partial charge < -0.3 is 33.3 Å². The molecule has 4 aliphatic rings. The van der Waals surface area contributed by atoms with Crippen LogP contribution in [0.1, 0.15) is 96.9 Å². The Kier molecular flexibility index (Phi) is 16.1. The van der Waals surface area contributed by atoms with Gasteiger partial charge in [0.15, 0.2) is 0 Å². The molecule has 0 radical (unpaired) electrons. The number of unbranched alkanes of at least 4 members (excludes halogenated alkanes) is 2. The van der Waals surface area contributed by atoms with Crippen LogP contribution in [0.15, 0.2) is 30.5 Å². The minimum atomic E-state index is -0.343. The summed E-state index contributed by atoms with van der Waals surface area (Å²) in [5.74, 6) is -0.262. The number of fused-ring (bicyclic) bond motifs is 1. The number of hydrogen-bond acceptors (Lipinski definition) is 12. The zero-order chi connectivity index (χ0) is 44.6. The number of aryl methyl sites for hydroxylation is 1. The van der Waals surface area contributed by atoms with Gasteiger partial charge in [0.1, 0.15) is 0 Å². The summed E-state index contributed by atoms with van der Waals surface area (Å²) in [5, 5.41) is 1.21. The number of nitrogens with zero attached hydrogens (tertiary/aromatic N) is 6. The Morgan fingerprint density at radius 3 is 2.49 bits per heavy atom. The maximum absolute atomic E-state index is 12.2. The van der Waals surface area contributed by atoms with Crippen LogP contribution in [0.3, 0.4) is 0 Å². The van der Waals surface area contributed by atoms with Gasteiger partial charge in [-0.25, -0.2) is 5.43 Å². The fraction of sp³-hybridized carbons (Fsp3) is 0.694. The SMILES string of the molecule is CCn1c(-c2cc(N3CCN(C4CC4)CC3)cnc2C(C)OC)c(CC(C)(C)COC(C)=O)c2cc(N(CCOC)CCC(CCCCCNNC=O)N3CC4(COC4)C3)ccc21. The van der Waals surface area contributed by atoms with Crippen LogP contribution >= 0.6 is 0 Å². The van der Waals surface area contributed by atoms with Gasteiger partial charge in [-0.3, -0.25) is 29.8 Å². The van der Waals surface area contributed by atoms with E-state index in [-0.39, 0.29) is 17.5 Å². The number of hydrazine groups is 1. The Bertz CT molecular complexity index is 1960. The number of likely N-dealkylation sites (tertiary alicyclic amines) is 1. The number of benzene rings is 1. The lowest BCUT2D eigenvalue weighted by atomic mass is 9.76. The molecule has 2 N–H and O–H groups in total. The van der Waals surface area contributed by atoms with Crippen molar-refractivity contribution in [3.8, 4) is 11.3 Å². The molecule has 348 valence electrons. The Labute approximate surface area is 376 Å². The third-order valence-corrected chi connectivity index (χ3v) is 14.0. The number of amides is 1. The van der Waals surface area contributed by atoms with E-state index in [1.807, 2.05) is 6.20 Å². The molecule has 14 nitrogen and oxygen atoms in total. The highest BCUT2D eigenvalue weighted by atomic mass is 16.5. The first-order valence-corrected chi connectivity index (χ1v) is 23.8. The molecule has 1 aromatic carbocycles. The number of piperazine rings is 1. The molecule has 5 heterocycles. The summed E-state index contributed by atoms with van der Waals surface area (Å²) in [6.07, 6.45) is 11.4. The molecule has 1 saturated carbocycles. The van der Waals surface area contributed by atoms with E-state index < -0.39 is 0 Å². The molecule has 0 bridgehead atoms. The number of pyridine rings is 1. The molecule has 2 atom stereocenters. The van der Waals surface area contributed by atoms with E-state index in [4.69, 9.17) is 23.9 Å². The van der Waals surface area contributed by atoms with Crippen molar-refractivity contribution in [2.45, 2.75) is 111 Å². The van der Waals surface area contributed by atoms with Gasteiger partial charge in [-0.2, -0.15) is 0 Å². The molecule has 3 aliphatic heterocycles. The van der Waals surface area contributed by atoms with Crippen molar-refractivity contribution in [2.75, 3.05) is 109 Å². The third-order valence-electron chi connectivity index (χ3n) is 14.0. The summed E-state index contributed by atoms with van der Waals surface area (Å²) in [5.41, 5.74) is 13.5. The number of aromatic nitrogens is 2. The standard InChI is InChI=1S/C49H76N8O6/c1-8-57-45-16-15-40(53(24-25-60-6)19-17-38(12-10-9-11-18-51-52-35-58)56-30-49(31-56)33-62-34-49)26-42(45)44(28-48(4,5)32-63-37(3)59)47(57)43-27-41(29-50-46(43)36(2)61-7)55-22-20-54(21-23-55)39-13-14-39/h15-16,26-27,29,35-36,38-39,51H,8-14,17-25,28,30-34H2,1-7H3,(H,52,58). The fourth-order valence-corrected chi connectivity index (χ4v) is 10.2. The molecule has 1 spiro atoms. The number of esters is 1. The van der Waals surface area contributed by atoms with Crippen LogP contribution in [0.25, 0.3) is 22.2 Å². The van der Waals surface area contributed by atoms with Gasteiger partial charge in [0, 0.05) is 132 Å². The predicted octanol–water partition coefficient (Wildman–Crippen LogP) is 6.20. The van der Waals surface area contributed by atoms with Gasteiger partial charge in [0.2, 0.25) is 6.41 Å². The van der Waals surface area contributed by atoms with Gasteiger partial charge in [0.05, 0.1) is 55.8 Å². The molecule has 7 rings (SSSR count). The van der Waals surface area contributed by atoms with E-state index in [0.29, 0.717) is 37.5 Å².